The van der Waals surface area contributed by atoms with E-state index >= 15 is 0 Å². The molecule has 8 nitrogen and oxygen atoms in total. The Balaban J connectivity index is 2.81. The number of hydrogen-bond donors (Lipinski definition) is 3. The van der Waals surface area contributed by atoms with Crippen molar-refractivity contribution in [3.63, 3.8) is 0 Å². The molecule has 1 aromatic heterocycles. The molecular weight excluding hydrogens is 258 g/mol. The van der Waals surface area contributed by atoms with Gasteiger partial charge in [0.25, 0.3) is 0 Å². The van der Waals surface area contributed by atoms with E-state index in [2.05, 4.69) is 9.82 Å². The van der Waals surface area contributed by atoms with Crippen LogP contribution in [-0.2, 0) is 21.4 Å². The van der Waals surface area contributed by atoms with E-state index in [1.165, 1.54) is 10.9 Å². The number of nitrogens with zero attached hydrogens (tertiary/aromatic N) is 2. The second-order valence-electron chi connectivity index (χ2n) is 3.76. The molecule has 0 unspecified atom stereocenters. The van der Waals surface area contributed by atoms with Crippen LogP contribution < -0.4 is 16.2 Å². The molecule has 0 bridgehead atoms. The lowest BCUT2D eigenvalue weighted by atomic mass is 10.4. The summed E-state index contributed by atoms with van der Waals surface area (Å²) in [6.07, 6.45) is 2.11. The van der Waals surface area contributed by atoms with Crippen LogP contribution in [0.15, 0.2) is 11.1 Å². The van der Waals surface area contributed by atoms with Gasteiger partial charge in [0.2, 0.25) is 15.9 Å². The minimum atomic E-state index is -3.75. The highest BCUT2D eigenvalue weighted by Gasteiger charge is 2.20. The van der Waals surface area contributed by atoms with Gasteiger partial charge in [-0.1, -0.05) is 6.92 Å². The van der Waals surface area contributed by atoms with E-state index in [-0.39, 0.29) is 23.7 Å². The Morgan fingerprint density at radius 2 is 2.22 bits per heavy atom. The van der Waals surface area contributed by atoms with E-state index in [0.717, 1.165) is 6.42 Å². The number of carbonyl (C=O) groups excluding carboxylic acids is 1. The van der Waals surface area contributed by atoms with Crippen molar-refractivity contribution in [3.05, 3.63) is 6.20 Å². The van der Waals surface area contributed by atoms with Gasteiger partial charge in [0, 0.05) is 25.7 Å². The lowest BCUT2D eigenvalue weighted by Gasteiger charge is -2.03. The molecule has 0 aliphatic heterocycles. The van der Waals surface area contributed by atoms with Crippen LogP contribution in [0.4, 0.5) is 5.82 Å². The first-order valence-electron chi connectivity index (χ1n) is 5.47. The zero-order valence-corrected chi connectivity index (χ0v) is 10.9. The van der Waals surface area contributed by atoms with Crippen LogP contribution in [0.25, 0.3) is 0 Å². The molecule has 5 N–H and O–H groups in total. The van der Waals surface area contributed by atoms with Gasteiger partial charge in [-0.2, -0.15) is 5.10 Å². The van der Waals surface area contributed by atoms with Crippen molar-refractivity contribution in [2.45, 2.75) is 31.2 Å². The van der Waals surface area contributed by atoms with Crippen molar-refractivity contribution in [2.24, 2.45) is 5.73 Å². The molecule has 0 aromatic carbocycles. The quantitative estimate of drug-likeness (QED) is 0.588. The molecule has 0 radical (unpaired) electrons. The van der Waals surface area contributed by atoms with Gasteiger partial charge < -0.3 is 11.5 Å². The maximum atomic E-state index is 11.9. The first kappa shape index (κ1) is 14.5. The average molecular weight is 275 g/mol. The molecule has 1 rings (SSSR count). The second-order valence-corrected chi connectivity index (χ2v) is 5.49. The van der Waals surface area contributed by atoms with Crippen molar-refractivity contribution < 1.29 is 13.2 Å². The van der Waals surface area contributed by atoms with E-state index in [1.807, 2.05) is 6.92 Å². The zero-order valence-electron chi connectivity index (χ0n) is 10.1. The summed E-state index contributed by atoms with van der Waals surface area (Å²) in [5.74, 6) is -0.637. The lowest BCUT2D eigenvalue weighted by molar-refractivity contribution is -0.117. The van der Waals surface area contributed by atoms with Crippen molar-refractivity contribution in [3.8, 4) is 0 Å². The summed E-state index contributed by atoms with van der Waals surface area (Å²) >= 11 is 0. The van der Waals surface area contributed by atoms with Crippen LogP contribution in [0.2, 0.25) is 0 Å². The first-order chi connectivity index (χ1) is 8.36. The van der Waals surface area contributed by atoms with Crippen molar-refractivity contribution in [1.82, 2.24) is 14.5 Å². The molecule has 102 valence electrons. The van der Waals surface area contributed by atoms with Gasteiger partial charge >= 0.3 is 0 Å². The Morgan fingerprint density at radius 1 is 1.56 bits per heavy atom. The summed E-state index contributed by atoms with van der Waals surface area (Å²) in [5, 5.41) is 3.89. The summed E-state index contributed by atoms with van der Waals surface area (Å²) in [6, 6.07) is 0. The highest BCUT2D eigenvalue weighted by Crippen LogP contribution is 2.15. The fourth-order valence-corrected chi connectivity index (χ4v) is 2.46. The molecule has 1 amide bonds. The predicted molar refractivity (Wildman–Crippen MR) is 65.9 cm³/mol. The van der Waals surface area contributed by atoms with E-state index < -0.39 is 15.9 Å². The number of primary amides is 1. The molecule has 18 heavy (non-hydrogen) atoms. The Kier molecular flexibility index (Phi) is 4.68. The summed E-state index contributed by atoms with van der Waals surface area (Å²) < 4.78 is 27.4. The Bertz CT molecular complexity index is 522. The molecule has 1 heterocycles. The fraction of sp³-hybridized carbons (Fsp3) is 0.556. The fourth-order valence-electron chi connectivity index (χ4n) is 1.36. The van der Waals surface area contributed by atoms with Crippen LogP contribution >= 0.6 is 0 Å². The molecule has 0 aliphatic carbocycles. The topological polar surface area (TPSA) is 133 Å². The van der Waals surface area contributed by atoms with Gasteiger partial charge in [-0.3, -0.25) is 9.48 Å². The predicted octanol–water partition coefficient (Wildman–Crippen LogP) is -0.971. The number of nitrogens with two attached hydrogens (primary N) is 2. The maximum absolute atomic E-state index is 11.9. The van der Waals surface area contributed by atoms with E-state index in [0.29, 0.717) is 6.54 Å². The van der Waals surface area contributed by atoms with Crippen LogP contribution in [0, 0.1) is 0 Å². The zero-order chi connectivity index (χ0) is 13.8. The molecule has 0 saturated heterocycles. The van der Waals surface area contributed by atoms with Gasteiger partial charge in [0.15, 0.2) is 5.82 Å². The molecule has 0 fully saturated rings. The Labute approximate surface area is 105 Å². The number of hydrogen-bond acceptors (Lipinski definition) is 5. The molecular formula is C9H17N5O3S. The van der Waals surface area contributed by atoms with Crippen LogP contribution in [0.3, 0.4) is 0 Å². The molecule has 0 spiro atoms. The number of aromatic nitrogens is 2. The van der Waals surface area contributed by atoms with Crippen molar-refractivity contribution >= 4 is 21.7 Å². The number of sulfonamides is 1. The number of aryl methyl sites for hydroxylation is 1. The van der Waals surface area contributed by atoms with Crippen molar-refractivity contribution in [1.29, 1.82) is 0 Å². The third kappa shape index (κ3) is 3.70. The van der Waals surface area contributed by atoms with Gasteiger partial charge in [-0.15, -0.1) is 0 Å². The summed E-state index contributed by atoms with van der Waals surface area (Å²) in [7, 11) is -3.75. The molecule has 9 heteroatoms. The number of anilines is 1. The molecule has 1 aromatic rings. The Hall–Kier alpha value is -1.61. The minimum Gasteiger partial charge on any atom is -0.381 e. The molecule has 0 aliphatic rings. The van der Waals surface area contributed by atoms with Gasteiger partial charge in [-0.25, -0.2) is 13.1 Å². The number of rotatable bonds is 7. The maximum Gasteiger partial charge on any atom is 0.245 e. The molecule has 0 saturated carbocycles. The highest BCUT2D eigenvalue weighted by molar-refractivity contribution is 7.89. The van der Waals surface area contributed by atoms with E-state index in [1.54, 1.807) is 0 Å². The first-order valence-corrected chi connectivity index (χ1v) is 6.96. The lowest BCUT2D eigenvalue weighted by Crippen LogP contribution is -2.28. The summed E-state index contributed by atoms with van der Waals surface area (Å²) in [4.78, 5) is 10.4. The second kappa shape index (κ2) is 5.83. The smallest absolute Gasteiger partial charge is 0.245 e. The van der Waals surface area contributed by atoms with Crippen LogP contribution in [0.1, 0.15) is 19.8 Å². The monoisotopic (exact) mass is 275 g/mol. The van der Waals surface area contributed by atoms with E-state index in [4.69, 9.17) is 11.5 Å². The van der Waals surface area contributed by atoms with Crippen LogP contribution in [0.5, 0.6) is 0 Å². The highest BCUT2D eigenvalue weighted by atomic mass is 32.2. The summed E-state index contributed by atoms with van der Waals surface area (Å²) in [6.45, 7) is 2.47. The third-order valence-corrected chi connectivity index (χ3v) is 3.64. The minimum absolute atomic E-state index is 0.0595. The number of nitrogen functional groups attached to an aromatic ring is 1. The largest absolute Gasteiger partial charge is 0.381 e. The van der Waals surface area contributed by atoms with Gasteiger partial charge in [0.05, 0.1) is 0 Å². The number of nitrogens with one attached hydrogen (secondary N) is 1. The SMILES string of the molecule is CCCn1cc(S(=O)(=O)NCCC(N)=O)c(N)n1. The average Bonchev–Trinajstić information content (AvgIpc) is 2.60. The number of carbonyl (C=O) groups is 1. The number of amides is 1. The van der Waals surface area contributed by atoms with Crippen LogP contribution in [-0.4, -0.2) is 30.7 Å². The Morgan fingerprint density at radius 3 is 2.78 bits per heavy atom. The standard InChI is InChI=1S/C9H17N5O3S/c1-2-5-14-6-7(9(11)13-14)18(16,17)12-4-3-8(10)15/h6,12H,2-5H2,1H3,(H2,10,15)(H2,11,13). The van der Waals surface area contributed by atoms with E-state index in [9.17, 15) is 13.2 Å². The normalized spacial score (nSPS) is 11.6. The van der Waals surface area contributed by atoms with Crippen molar-refractivity contribution in [2.75, 3.05) is 12.3 Å². The summed E-state index contributed by atoms with van der Waals surface area (Å²) in [5.41, 5.74) is 10.5. The molecule has 0 atom stereocenters. The third-order valence-electron chi connectivity index (χ3n) is 2.16. The van der Waals surface area contributed by atoms with Gasteiger partial charge in [-0.05, 0) is 6.42 Å². The van der Waals surface area contributed by atoms with Gasteiger partial charge in [0.1, 0.15) is 4.90 Å².